The zero-order chi connectivity index (χ0) is 15.4. The van der Waals surface area contributed by atoms with Gasteiger partial charge in [-0.25, -0.2) is 4.39 Å². The lowest BCUT2D eigenvalue weighted by Crippen LogP contribution is -2.08. The number of hydrogen-bond acceptors (Lipinski definition) is 4. The van der Waals surface area contributed by atoms with Crippen LogP contribution in [0.2, 0.25) is 0 Å². The summed E-state index contributed by atoms with van der Waals surface area (Å²) in [5.74, 6) is -0.135. The molecule has 0 aliphatic rings. The zero-order valence-corrected chi connectivity index (χ0v) is 11.7. The van der Waals surface area contributed by atoms with E-state index in [-0.39, 0.29) is 23.3 Å². The second-order valence-electron chi connectivity index (χ2n) is 4.53. The lowest BCUT2D eigenvalue weighted by molar-refractivity contribution is -0.385. The lowest BCUT2D eigenvalue weighted by atomic mass is 10.1. The van der Waals surface area contributed by atoms with Gasteiger partial charge in [0.25, 0.3) is 0 Å². The van der Waals surface area contributed by atoms with Crippen LogP contribution in [-0.2, 0) is 0 Å². The summed E-state index contributed by atoms with van der Waals surface area (Å²) < 4.78 is 18.6. The van der Waals surface area contributed by atoms with Crippen LogP contribution in [0.1, 0.15) is 18.5 Å². The van der Waals surface area contributed by atoms with Gasteiger partial charge in [0.15, 0.2) is 5.75 Å². The minimum absolute atomic E-state index is 0.136. The quantitative estimate of drug-likeness (QED) is 0.669. The minimum Gasteiger partial charge on any atom is -0.490 e. The average Bonchev–Trinajstić information content (AvgIpc) is 2.47. The standard InChI is InChI=1S/C15H15FN2O3/c1-10(12-5-3-4-6-13(12)16)17-11-7-8-15(21-2)14(9-11)18(19)20/h3-10,17H,1-2H3. The van der Waals surface area contributed by atoms with E-state index in [1.807, 2.05) is 0 Å². The first-order chi connectivity index (χ1) is 10.0. The van der Waals surface area contributed by atoms with Gasteiger partial charge in [-0.1, -0.05) is 18.2 Å². The molecule has 0 fully saturated rings. The van der Waals surface area contributed by atoms with Crippen LogP contribution in [-0.4, -0.2) is 12.0 Å². The monoisotopic (exact) mass is 290 g/mol. The van der Waals surface area contributed by atoms with E-state index in [2.05, 4.69) is 5.32 Å². The fourth-order valence-electron chi connectivity index (χ4n) is 2.08. The maximum Gasteiger partial charge on any atom is 0.312 e. The van der Waals surface area contributed by atoms with Gasteiger partial charge in [-0.15, -0.1) is 0 Å². The van der Waals surface area contributed by atoms with E-state index in [0.29, 0.717) is 11.3 Å². The predicted octanol–water partition coefficient (Wildman–Crippen LogP) is 3.92. The molecule has 21 heavy (non-hydrogen) atoms. The molecule has 5 nitrogen and oxygen atoms in total. The van der Waals surface area contributed by atoms with Crippen molar-refractivity contribution in [2.45, 2.75) is 13.0 Å². The molecule has 2 aromatic carbocycles. The Hall–Kier alpha value is -2.63. The minimum atomic E-state index is -0.516. The van der Waals surface area contributed by atoms with E-state index in [9.17, 15) is 14.5 Å². The number of halogens is 1. The number of ether oxygens (including phenoxy) is 1. The molecule has 0 spiro atoms. The molecule has 0 saturated carbocycles. The summed E-state index contributed by atoms with van der Waals surface area (Å²) in [5.41, 5.74) is 0.887. The molecule has 0 aliphatic carbocycles. The maximum atomic E-state index is 13.7. The van der Waals surface area contributed by atoms with Gasteiger partial charge in [0.1, 0.15) is 5.82 Å². The summed E-state index contributed by atoms with van der Waals surface area (Å²) >= 11 is 0. The Labute approximate surface area is 121 Å². The third-order valence-corrected chi connectivity index (χ3v) is 3.13. The number of anilines is 1. The molecule has 6 heteroatoms. The van der Waals surface area contributed by atoms with Gasteiger partial charge in [-0.05, 0) is 25.1 Å². The summed E-state index contributed by atoms with van der Waals surface area (Å²) in [6.07, 6.45) is 0. The first kappa shape index (κ1) is 14.8. The Bertz CT molecular complexity index is 661. The summed E-state index contributed by atoms with van der Waals surface area (Å²) in [6, 6.07) is 10.6. The number of methoxy groups -OCH3 is 1. The molecule has 2 rings (SSSR count). The number of nitrogens with one attached hydrogen (secondary N) is 1. The summed E-state index contributed by atoms with van der Waals surface area (Å²) in [4.78, 5) is 10.5. The molecule has 0 saturated heterocycles. The number of hydrogen-bond donors (Lipinski definition) is 1. The highest BCUT2D eigenvalue weighted by Gasteiger charge is 2.17. The van der Waals surface area contributed by atoms with Crippen molar-refractivity contribution < 1.29 is 14.1 Å². The SMILES string of the molecule is COc1ccc(NC(C)c2ccccc2F)cc1[N+](=O)[O-]. The van der Waals surface area contributed by atoms with Crippen LogP contribution in [0.25, 0.3) is 0 Å². The van der Waals surface area contributed by atoms with Crippen molar-refractivity contribution >= 4 is 11.4 Å². The maximum absolute atomic E-state index is 13.7. The Morgan fingerprint density at radius 1 is 1.29 bits per heavy atom. The van der Waals surface area contributed by atoms with Gasteiger partial charge < -0.3 is 10.1 Å². The van der Waals surface area contributed by atoms with Gasteiger partial charge in [-0.3, -0.25) is 10.1 Å². The van der Waals surface area contributed by atoms with E-state index in [1.54, 1.807) is 31.2 Å². The van der Waals surface area contributed by atoms with Gasteiger partial charge in [0, 0.05) is 17.3 Å². The van der Waals surface area contributed by atoms with Gasteiger partial charge in [0.05, 0.1) is 18.1 Å². The van der Waals surface area contributed by atoms with Gasteiger partial charge in [0.2, 0.25) is 0 Å². The van der Waals surface area contributed by atoms with Crippen molar-refractivity contribution in [3.8, 4) is 5.75 Å². The predicted molar refractivity (Wildman–Crippen MR) is 78.1 cm³/mol. The molecule has 1 unspecified atom stereocenters. The molecule has 0 amide bonds. The smallest absolute Gasteiger partial charge is 0.312 e. The first-order valence-electron chi connectivity index (χ1n) is 6.36. The van der Waals surface area contributed by atoms with Crippen molar-refractivity contribution in [3.05, 3.63) is 64.0 Å². The van der Waals surface area contributed by atoms with Gasteiger partial charge >= 0.3 is 5.69 Å². The highest BCUT2D eigenvalue weighted by molar-refractivity contribution is 5.59. The van der Waals surface area contributed by atoms with Gasteiger partial charge in [-0.2, -0.15) is 0 Å². The lowest BCUT2D eigenvalue weighted by Gasteiger charge is -2.16. The third-order valence-electron chi connectivity index (χ3n) is 3.13. The van der Waals surface area contributed by atoms with Crippen molar-refractivity contribution in [1.82, 2.24) is 0 Å². The molecular weight excluding hydrogens is 275 g/mol. The first-order valence-corrected chi connectivity index (χ1v) is 6.36. The molecular formula is C15H15FN2O3. The van der Waals surface area contributed by atoms with Crippen LogP contribution in [0.3, 0.4) is 0 Å². The van der Waals surface area contributed by atoms with Crippen molar-refractivity contribution in [3.63, 3.8) is 0 Å². The second-order valence-corrected chi connectivity index (χ2v) is 4.53. The summed E-state index contributed by atoms with van der Waals surface area (Å²) in [6.45, 7) is 1.79. The number of nitro benzene ring substituents is 1. The molecule has 0 bridgehead atoms. The number of benzene rings is 2. The molecule has 0 heterocycles. The molecule has 0 radical (unpaired) electrons. The van der Waals surface area contributed by atoms with E-state index in [4.69, 9.17) is 4.74 Å². The van der Waals surface area contributed by atoms with E-state index >= 15 is 0 Å². The van der Waals surface area contributed by atoms with E-state index < -0.39 is 4.92 Å². The highest BCUT2D eigenvalue weighted by atomic mass is 19.1. The number of nitrogens with zero attached hydrogens (tertiary/aromatic N) is 1. The van der Waals surface area contributed by atoms with Crippen molar-refractivity contribution in [2.24, 2.45) is 0 Å². The molecule has 1 N–H and O–H groups in total. The Kier molecular flexibility index (Phi) is 4.37. The fourth-order valence-corrected chi connectivity index (χ4v) is 2.08. The highest BCUT2D eigenvalue weighted by Crippen LogP contribution is 2.31. The molecule has 2 aromatic rings. The third kappa shape index (κ3) is 3.28. The fraction of sp³-hybridized carbons (Fsp3) is 0.200. The Balaban J connectivity index is 2.26. The van der Waals surface area contributed by atoms with Crippen LogP contribution < -0.4 is 10.1 Å². The topological polar surface area (TPSA) is 64.4 Å². The number of nitro groups is 1. The van der Waals surface area contributed by atoms with Crippen LogP contribution in [0.15, 0.2) is 42.5 Å². The Morgan fingerprint density at radius 2 is 2.00 bits per heavy atom. The van der Waals surface area contributed by atoms with Crippen LogP contribution in [0, 0.1) is 15.9 Å². The van der Waals surface area contributed by atoms with Crippen LogP contribution >= 0.6 is 0 Å². The Morgan fingerprint density at radius 3 is 2.62 bits per heavy atom. The summed E-state index contributed by atoms with van der Waals surface area (Å²) in [7, 11) is 1.37. The van der Waals surface area contributed by atoms with Crippen molar-refractivity contribution in [1.29, 1.82) is 0 Å². The molecule has 0 aliphatic heterocycles. The van der Waals surface area contributed by atoms with Crippen molar-refractivity contribution in [2.75, 3.05) is 12.4 Å². The zero-order valence-electron chi connectivity index (χ0n) is 11.7. The normalized spacial score (nSPS) is 11.8. The molecule has 1 atom stereocenters. The summed E-state index contributed by atoms with van der Waals surface area (Å²) in [5, 5.41) is 14.0. The molecule has 110 valence electrons. The van der Waals surface area contributed by atoms with Crippen LogP contribution in [0.5, 0.6) is 5.75 Å². The average molecular weight is 290 g/mol. The van der Waals surface area contributed by atoms with Crippen LogP contribution in [0.4, 0.5) is 15.8 Å². The largest absolute Gasteiger partial charge is 0.490 e. The molecule has 0 aromatic heterocycles. The number of rotatable bonds is 5. The van der Waals surface area contributed by atoms with E-state index in [1.165, 1.54) is 25.3 Å². The van der Waals surface area contributed by atoms with E-state index in [0.717, 1.165) is 0 Å². The second kappa shape index (κ2) is 6.21.